The summed E-state index contributed by atoms with van der Waals surface area (Å²) < 4.78 is 25.3. The van der Waals surface area contributed by atoms with Crippen molar-refractivity contribution < 1.29 is 13.5 Å². The highest BCUT2D eigenvalue weighted by Crippen LogP contribution is 2.25. The summed E-state index contributed by atoms with van der Waals surface area (Å²) in [4.78, 5) is 0. The molecule has 0 aromatic heterocycles. The van der Waals surface area contributed by atoms with Crippen LogP contribution in [0, 0.1) is 5.92 Å². The molecule has 0 saturated heterocycles. The fourth-order valence-corrected chi connectivity index (χ4v) is 2.50. The van der Waals surface area contributed by atoms with E-state index < -0.39 is 10.0 Å². The van der Waals surface area contributed by atoms with E-state index in [2.05, 4.69) is 4.72 Å². The fourth-order valence-electron chi connectivity index (χ4n) is 1.68. The molecular formula is C12H19NO3S. The molecule has 0 unspecified atom stereocenters. The fraction of sp³-hybridized carbons (Fsp3) is 0.500. The molecule has 1 aromatic rings. The van der Waals surface area contributed by atoms with E-state index in [9.17, 15) is 13.5 Å². The minimum Gasteiger partial charge on any atom is -0.508 e. The number of phenolic OH excluding ortho intramolecular Hbond substituents is 1. The number of phenols is 1. The van der Waals surface area contributed by atoms with Gasteiger partial charge in [-0.05, 0) is 36.6 Å². The summed E-state index contributed by atoms with van der Waals surface area (Å²) in [6.45, 7) is 4.06. The number of hydrogen-bond donors (Lipinski definition) is 2. The van der Waals surface area contributed by atoms with E-state index in [1.165, 1.54) is 7.05 Å². The molecular weight excluding hydrogens is 238 g/mol. The van der Waals surface area contributed by atoms with Gasteiger partial charge >= 0.3 is 0 Å². The molecule has 1 aromatic carbocycles. The Morgan fingerprint density at radius 2 is 2.00 bits per heavy atom. The average Bonchev–Trinajstić information content (AvgIpc) is 2.22. The van der Waals surface area contributed by atoms with Crippen LogP contribution in [0.1, 0.15) is 25.0 Å². The molecule has 0 aliphatic heterocycles. The number of rotatable bonds is 5. The molecule has 0 saturated carbocycles. The van der Waals surface area contributed by atoms with Gasteiger partial charge in [-0.3, -0.25) is 0 Å². The summed E-state index contributed by atoms with van der Waals surface area (Å²) in [6.07, 6.45) is 0.668. The molecule has 0 bridgehead atoms. The predicted octanol–water partition coefficient (Wildman–Crippen LogP) is 1.64. The second-order valence-corrected chi connectivity index (χ2v) is 6.40. The van der Waals surface area contributed by atoms with Gasteiger partial charge in [0.1, 0.15) is 5.75 Å². The molecule has 0 spiro atoms. The molecule has 0 radical (unpaired) electrons. The lowest BCUT2D eigenvalue weighted by atomic mass is 9.98. The molecule has 96 valence electrons. The molecule has 5 heteroatoms. The van der Waals surface area contributed by atoms with Crippen LogP contribution in [-0.2, 0) is 22.2 Å². The zero-order valence-electron chi connectivity index (χ0n) is 10.4. The standard InChI is InChI=1S/C12H19NO3S/c1-9(2)7-11-10(5-4-6-12(11)14)8-17(15,16)13-3/h4-6,9,13-14H,7-8H2,1-3H3. The normalized spacial score (nSPS) is 12.0. The Balaban J connectivity index is 3.11. The van der Waals surface area contributed by atoms with E-state index in [-0.39, 0.29) is 11.5 Å². The molecule has 0 aliphatic rings. The smallest absolute Gasteiger partial charge is 0.215 e. The lowest BCUT2D eigenvalue weighted by Crippen LogP contribution is -2.21. The molecule has 0 amide bonds. The van der Waals surface area contributed by atoms with Gasteiger partial charge in [0.25, 0.3) is 0 Å². The van der Waals surface area contributed by atoms with Gasteiger partial charge in [-0.15, -0.1) is 0 Å². The van der Waals surface area contributed by atoms with Crippen molar-refractivity contribution in [1.82, 2.24) is 4.72 Å². The van der Waals surface area contributed by atoms with Crippen LogP contribution in [-0.4, -0.2) is 20.6 Å². The largest absolute Gasteiger partial charge is 0.508 e. The summed E-state index contributed by atoms with van der Waals surface area (Å²) >= 11 is 0. The second kappa shape index (κ2) is 5.51. The molecule has 0 heterocycles. The Bertz CT molecular complexity index is 481. The van der Waals surface area contributed by atoms with E-state index in [4.69, 9.17) is 0 Å². The summed E-state index contributed by atoms with van der Waals surface area (Å²) in [7, 11) is -1.92. The van der Waals surface area contributed by atoms with Crippen LogP contribution < -0.4 is 4.72 Å². The number of aromatic hydroxyl groups is 1. The first kappa shape index (κ1) is 14.0. The summed E-state index contributed by atoms with van der Waals surface area (Å²) in [5.74, 6) is 0.432. The second-order valence-electron chi connectivity index (χ2n) is 4.48. The summed E-state index contributed by atoms with van der Waals surface area (Å²) in [5, 5.41) is 9.79. The van der Waals surface area contributed by atoms with Crippen molar-refractivity contribution in [2.24, 2.45) is 5.92 Å². The van der Waals surface area contributed by atoms with Crippen molar-refractivity contribution >= 4 is 10.0 Å². The highest BCUT2D eigenvalue weighted by molar-refractivity contribution is 7.88. The molecule has 2 N–H and O–H groups in total. The van der Waals surface area contributed by atoms with E-state index >= 15 is 0 Å². The third kappa shape index (κ3) is 4.02. The number of sulfonamides is 1. The maximum Gasteiger partial charge on any atom is 0.215 e. The van der Waals surface area contributed by atoms with Crippen molar-refractivity contribution in [3.05, 3.63) is 29.3 Å². The van der Waals surface area contributed by atoms with Crippen LogP contribution >= 0.6 is 0 Å². The van der Waals surface area contributed by atoms with Crippen molar-refractivity contribution in [2.75, 3.05) is 7.05 Å². The van der Waals surface area contributed by atoms with Gasteiger partial charge in [-0.25, -0.2) is 13.1 Å². The maximum absolute atomic E-state index is 11.5. The molecule has 4 nitrogen and oxygen atoms in total. The minimum atomic E-state index is -3.31. The van der Waals surface area contributed by atoms with E-state index in [0.717, 1.165) is 5.56 Å². The Kier molecular flexibility index (Phi) is 4.54. The monoisotopic (exact) mass is 257 g/mol. The first-order valence-electron chi connectivity index (χ1n) is 5.56. The molecule has 1 rings (SSSR count). The highest BCUT2D eigenvalue weighted by Gasteiger charge is 2.15. The number of benzene rings is 1. The first-order valence-corrected chi connectivity index (χ1v) is 7.22. The van der Waals surface area contributed by atoms with Crippen LogP contribution in [0.2, 0.25) is 0 Å². The van der Waals surface area contributed by atoms with Gasteiger partial charge in [0.15, 0.2) is 0 Å². The van der Waals surface area contributed by atoms with Crippen LogP contribution in [0.15, 0.2) is 18.2 Å². The van der Waals surface area contributed by atoms with E-state index in [1.54, 1.807) is 18.2 Å². The van der Waals surface area contributed by atoms with Gasteiger partial charge in [-0.2, -0.15) is 0 Å². The average molecular weight is 257 g/mol. The Morgan fingerprint density at radius 3 is 2.53 bits per heavy atom. The van der Waals surface area contributed by atoms with Crippen LogP contribution in [0.3, 0.4) is 0 Å². The SMILES string of the molecule is CNS(=O)(=O)Cc1cccc(O)c1CC(C)C. The third-order valence-electron chi connectivity index (χ3n) is 2.52. The Labute approximate surface area is 103 Å². The van der Waals surface area contributed by atoms with Crippen molar-refractivity contribution in [3.63, 3.8) is 0 Å². The van der Waals surface area contributed by atoms with Gasteiger partial charge < -0.3 is 5.11 Å². The first-order chi connectivity index (χ1) is 7.85. The predicted molar refractivity (Wildman–Crippen MR) is 68.3 cm³/mol. The molecule has 17 heavy (non-hydrogen) atoms. The lowest BCUT2D eigenvalue weighted by molar-refractivity contribution is 0.461. The van der Waals surface area contributed by atoms with Crippen LogP contribution in [0.25, 0.3) is 0 Å². The van der Waals surface area contributed by atoms with Crippen molar-refractivity contribution in [2.45, 2.75) is 26.0 Å². The van der Waals surface area contributed by atoms with Gasteiger partial charge in [-0.1, -0.05) is 26.0 Å². The van der Waals surface area contributed by atoms with E-state index in [0.29, 0.717) is 17.9 Å². The molecule has 0 fully saturated rings. The van der Waals surface area contributed by atoms with Crippen LogP contribution in [0.4, 0.5) is 0 Å². The quantitative estimate of drug-likeness (QED) is 0.842. The Hall–Kier alpha value is -1.07. The maximum atomic E-state index is 11.5. The lowest BCUT2D eigenvalue weighted by Gasteiger charge is -2.13. The molecule has 0 atom stereocenters. The van der Waals surface area contributed by atoms with Crippen molar-refractivity contribution in [3.8, 4) is 5.75 Å². The minimum absolute atomic E-state index is 0.0973. The topological polar surface area (TPSA) is 66.4 Å². The number of nitrogens with one attached hydrogen (secondary N) is 1. The summed E-state index contributed by atoms with van der Waals surface area (Å²) in [6, 6.07) is 5.00. The highest BCUT2D eigenvalue weighted by atomic mass is 32.2. The van der Waals surface area contributed by atoms with Gasteiger partial charge in [0, 0.05) is 0 Å². The molecule has 0 aliphatic carbocycles. The number of hydrogen-bond acceptors (Lipinski definition) is 3. The third-order valence-corrected chi connectivity index (χ3v) is 3.83. The zero-order valence-corrected chi connectivity index (χ0v) is 11.2. The van der Waals surface area contributed by atoms with Gasteiger partial charge in [0.05, 0.1) is 5.75 Å². The van der Waals surface area contributed by atoms with Crippen LogP contribution in [0.5, 0.6) is 5.75 Å². The van der Waals surface area contributed by atoms with Gasteiger partial charge in [0.2, 0.25) is 10.0 Å². The van der Waals surface area contributed by atoms with Crippen molar-refractivity contribution in [1.29, 1.82) is 0 Å². The summed E-state index contributed by atoms with van der Waals surface area (Å²) in [5.41, 5.74) is 1.38. The Morgan fingerprint density at radius 1 is 1.35 bits per heavy atom. The van der Waals surface area contributed by atoms with E-state index in [1.807, 2.05) is 13.8 Å². The zero-order chi connectivity index (χ0) is 13.1.